The van der Waals surface area contributed by atoms with Gasteiger partial charge in [-0.15, -0.1) is 0 Å². The van der Waals surface area contributed by atoms with Gasteiger partial charge in [-0.25, -0.2) is 0 Å². The molecule has 1 unspecified atom stereocenters. The fourth-order valence-electron chi connectivity index (χ4n) is 2.06. The molecule has 0 radical (unpaired) electrons. The second-order valence-corrected chi connectivity index (χ2v) is 4.88. The van der Waals surface area contributed by atoms with Crippen LogP contribution in [0.5, 0.6) is 0 Å². The summed E-state index contributed by atoms with van der Waals surface area (Å²) in [6.45, 7) is 5.68. The number of benzene rings is 1. The van der Waals surface area contributed by atoms with Gasteiger partial charge < -0.3 is 9.47 Å². The molecular weight excluding hydrogens is 212 g/mol. The highest BCUT2D eigenvalue weighted by Gasteiger charge is 2.30. The molecular formula is C15H20O2. The van der Waals surface area contributed by atoms with Crippen molar-refractivity contribution in [3.05, 3.63) is 42.2 Å². The van der Waals surface area contributed by atoms with Crippen molar-refractivity contribution >= 4 is 5.57 Å². The Morgan fingerprint density at radius 2 is 2.18 bits per heavy atom. The average molecular weight is 232 g/mol. The van der Waals surface area contributed by atoms with Crippen LogP contribution < -0.4 is 0 Å². The van der Waals surface area contributed by atoms with E-state index in [-0.39, 0.29) is 5.60 Å². The Bertz CT molecular complexity index is 375. The van der Waals surface area contributed by atoms with E-state index in [1.807, 2.05) is 24.5 Å². The first-order valence-corrected chi connectivity index (χ1v) is 6.17. The SMILES string of the molecule is C/C(=C/OCC1(C)CCCO1)c1ccccc1. The smallest absolute Gasteiger partial charge is 0.116 e. The van der Waals surface area contributed by atoms with E-state index in [1.165, 1.54) is 5.56 Å². The molecule has 0 amide bonds. The van der Waals surface area contributed by atoms with Crippen LogP contribution in [0.2, 0.25) is 0 Å². The van der Waals surface area contributed by atoms with E-state index < -0.39 is 0 Å². The molecule has 0 bridgehead atoms. The summed E-state index contributed by atoms with van der Waals surface area (Å²) in [6, 6.07) is 10.3. The van der Waals surface area contributed by atoms with Crippen LogP contribution in [-0.2, 0) is 9.47 Å². The van der Waals surface area contributed by atoms with Gasteiger partial charge in [0.1, 0.15) is 6.61 Å². The normalized spacial score (nSPS) is 24.9. The maximum atomic E-state index is 5.67. The fourth-order valence-corrected chi connectivity index (χ4v) is 2.06. The van der Waals surface area contributed by atoms with E-state index >= 15 is 0 Å². The standard InChI is InChI=1S/C15H20O2/c1-13(14-7-4-3-5-8-14)11-16-12-15(2)9-6-10-17-15/h3-5,7-8,11H,6,9-10,12H2,1-2H3/b13-11-. The molecule has 1 aliphatic rings. The summed E-state index contributed by atoms with van der Waals surface area (Å²) in [5, 5.41) is 0. The molecule has 2 nitrogen and oxygen atoms in total. The summed E-state index contributed by atoms with van der Waals surface area (Å²) in [4.78, 5) is 0. The van der Waals surface area contributed by atoms with Crippen molar-refractivity contribution in [2.45, 2.75) is 32.3 Å². The molecule has 2 rings (SSSR count). The van der Waals surface area contributed by atoms with Crippen molar-refractivity contribution in [1.82, 2.24) is 0 Å². The summed E-state index contributed by atoms with van der Waals surface area (Å²) in [5.41, 5.74) is 2.25. The number of allylic oxidation sites excluding steroid dienone is 1. The van der Waals surface area contributed by atoms with E-state index in [9.17, 15) is 0 Å². The highest BCUT2D eigenvalue weighted by Crippen LogP contribution is 2.25. The maximum Gasteiger partial charge on any atom is 0.116 e. The van der Waals surface area contributed by atoms with Gasteiger partial charge in [0.15, 0.2) is 0 Å². The zero-order valence-electron chi connectivity index (χ0n) is 10.6. The molecule has 0 saturated carbocycles. The molecule has 0 aliphatic carbocycles. The van der Waals surface area contributed by atoms with Gasteiger partial charge in [-0.1, -0.05) is 30.3 Å². The molecule has 1 aromatic carbocycles. The van der Waals surface area contributed by atoms with Crippen LogP contribution in [-0.4, -0.2) is 18.8 Å². The molecule has 0 N–H and O–H groups in total. The van der Waals surface area contributed by atoms with Gasteiger partial charge in [0.05, 0.1) is 11.9 Å². The van der Waals surface area contributed by atoms with Gasteiger partial charge in [0, 0.05) is 6.61 Å². The number of hydrogen-bond donors (Lipinski definition) is 0. The quantitative estimate of drug-likeness (QED) is 0.738. The van der Waals surface area contributed by atoms with E-state index in [0.717, 1.165) is 25.0 Å². The van der Waals surface area contributed by atoms with Crippen LogP contribution >= 0.6 is 0 Å². The summed E-state index contributed by atoms with van der Waals surface area (Å²) < 4.78 is 11.3. The van der Waals surface area contributed by atoms with Crippen molar-refractivity contribution in [3.63, 3.8) is 0 Å². The third kappa shape index (κ3) is 3.34. The summed E-state index contributed by atoms with van der Waals surface area (Å²) in [6.07, 6.45) is 4.06. The Morgan fingerprint density at radius 3 is 2.82 bits per heavy atom. The predicted molar refractivity (Wildman–Crippen MR) is 69.6 cm³/mol. The first-order valence-electron chi connectivity index (χ1n) is 6.17. The van der Waals surface area contributed by atoms with Gasteiger partial charge >= 0.3 is 0 Å². The zero-order valence-corrected chi connectivity index (χ0v) is 10.6. The van der Waals surface area contributed by atoms with Gasteiger partial charge in [0.2, 0.25) is 0 Å². The predicted octanol–water partition coefficient (Wildman–Crippen LogP) is 3.63. The van der Waals surface area contributed by atoms with Crippen molar-refractivity contribution in [3.8, 4) is 0 Å². The third-order valence-electron chi connectivity index (χ3n) is 3.18. The van der Waals surface area contributed by atoms with Crippen molar-refractivity contribution in [2.75, 3.05) is 13.2 Å². The van der Waals surface area contributed by atoms with E-state index in [2.05, 4.69) is 26.0 Å². The second kappa shape index (κ2) is 5.37. The maximum absolute atomic E-state index is 5.67. The lowest BCUT2D eigenvalue weighted by atomic mass is 10.0. The highest BCUT2D eigenvalue weighted by atomic mass is 16.5. The van der Waals surface area contributed by atoms with E-state index in [0.29, 0.717) is 6.61 Å². The van der Waals surface area contributed by atoms with Crippen LogP contribution in [0.15, 0.2) is 36.6 Å². The van der Waals surface area contributed by atoms with Crippen LogP contribution in [0.4, 0.5) is 0 Å². The molecule has 1 heterocycles. The highest BCUT2D eigenvalue weighted by molar-refractivity contribution is 5.62. The summed E-state index contributed by atoms with van der Waals surface area (Å²) in [5.74, 6) is 0. The Hall–Kier alpha value is -1.28. The van der Waals surface area contributed by atoms with Gasteiger partial charge in [-0.3, -0.25) is 0 Å². The fraction of sp³-hybridized carbons (Fsp3) is 0.467. The van der Waals surface area contributed by atoms with Crippen molar-refractivity contribution in [1.29, 1.82) is 0 Å². The minimum atomic E-state index is -0.0898. The van der Waals surface area contributed by atoms with Crippen LogP contribution in [0.1, 0.15) is 32.3 Å². The monoisotopic (exact) mass is 232 g/mol. The van der Waals surface area contributed by atoms with Gasteiger partial charge in [-0.05, 0) is 37.8 Å². The van der Waals surface area contributed by atoms with Crippen molar-refractivity contribution in [2.24, 2.45) is 0 Å². The van der Waals surface area contributed by atoms with Crippen LogP contribution in [0.3, 0.4) is 0 Å². The topological polar surface area (TPSA) is 18.5 Å². The van der Waals surface area contributed by atoms with Crippen LogP contribution in [0.25, 0.3) is 5.57 Å². The first-order chi connectivity index (χ1) is 8.20. The summed E-state index contributed by atoms with van der Waals surface area (Å²) >= 11 is 0. The lowest BCUT2D eigenvalue weighted by Gasteiger charge is -2.22. The Labute approximate surface area is 103 Å². The Morgan fingerprint density at radius 1 is 1.41 bits per heavy atom. The molecule has 1 aliphatic heterocycles. The summed E-state index contributed by atoms with van der Waals surface area (Å²) in [7, 11) is 0. The molecule has 1 fully saturated rings. The lowest BCUT2D eigenvalue weighted by molar-refractivity contribution is -0.0278. The molecule has 2 heteroatoms. The molecule has 1 aromatic rings. The lowest BCUT2D eigenvalue weighted by Crippen LogP contribution is -2.28. The first kappa shape index (κ1) is 12.2. The zero-order chi connectivity index (χ0) is 12.1. The average Bonchev–Trinajstić information content (AvgIpc) is 2.77. The number of ether oxygens (including phenoxy) is 2. The molecule has 0 aromatic heterocycles. The molecule has 0 spiro atoms. The minimum absolute atomic E-state index is 0.0898. The van der Waals surface area contributed by atoms with E-state index in [1.54, 1.807) is 0 Å². The number of hydrogen-bond acceptors (Lipinski definition) is 2. The Balaban J connectivity index is 1.88. The molecule has 17 heavy (non-hydrogen) atoms. The Kier molecular flexibility index (Phi) is 3.85. The minimum Gasteiger partial charge on any atom is -0.498 e. The largest absolute Gasteiger partial charge is 0.498 e. The number of rotatable bonds is 4. The molecule has 1 atom stereocenters. The third-order valence-corrected chi connectivity index (χ3v) is 3.18. The van der Waals surface area contributed by atoms with Crippen molar-refractivity contribution < 1.29 is 9.47 Å². The van der Waals surface area contributed by atoms with Gasteiger partial charge in [-0.2, -0.15) is 0 Å². The van der Waals surface area contributed by atoms with Crippen LogP contribution in [0, 0.1) is 0 Å². The molecule has 92 valence electrons. The second-order valence-electron chi connectivity index (χ2n) is 4.88. The van der Waals surface area contributed by atoms with E-state index in [4.69, 9.17) is 9.47 Å². The molecule has 1 saturated heterocycles. The van der Waals surface area contributed by atoms with Gasteiger partial charge in [0.25, 0.3) is 0 Å².